The highest BCUT2D eigenvalue weighted by atomic mass is 19.3. The highest BCUT2D eigenvalue weighted by Crippen LogP contribution is 2.23. The minimum absolute atomic E-state index is 0.169. The van der Waals surface area contributed by atoms with Crippen LogP contribution in [0.1, 0.15) is 15.9 Å². The van der Waals surface area contributed by atoms with Gasteiger partial charge in [0.2, 0.25) is 0 Å². The van der Waals surface area contributed by atoms with Crippen molar-refractivity contribution in [3.05, 3.63) is 29.1 Å². The molecule has 0 saturated carbocycles. The molecule has 1 aromatic rings. The number of alkyl halides is 2. The van der Waals surface area contributed by atoms with Crippen molar-refractivity contribution in [2.45, 2.75) is 6.61 Å². The second-order valence-electron chi connectivity index (χ2n) is 2.48. The summed E-state index contributed by atoms with van der Waals surface area (Å²) in [5.74, 6) is -1.47. The van der Waals surface area contributed by atoms with Gasteiger partial charge in [0, 0.05) is 6.07 Å². The number of hydrogen-bond donors (Lipinski definition) is 0. The molecule has 0 spiro atoms. The van der Waals surface area contributed by atoms with Gasteiger partial charge in [0.15, 0.2) is 6.29 Å². The molecule has 1 rings (SSSR count). The Bertz CT molecular complexity index is 426. The first-order chi connectivity index (χ1) is 7.08. The van der Waals surface area contributed by atoms with Gasteiger partial charge in [-0.15, -0.1) is 0 Å². The zero-order valence-electron chi connectivity index (χ0n) is 7.21. The number of nitriles is 1. The van der Waals surface area contributed by atoms with E-state index in [9.17, 15) is 18.0 Å². The Morgan fingerprint density at radius 1 is 1.47 bits per heavy atom. The van der Waals surface area contributed by atoms with E-state index in [0.717, 1.165) is 6.07 Å². The minimum Gasteiger partial charge on any atom is -0.434 e. The molecule has 0 heterocycles. The Balaban J connectivity index is 3.24. The second kappa shape index (κ2) is 4.46. The van der Waals surface area contributed by atoms with Crippen LogP contribution in [-0.2, 0) is 0 Å². The third kappa shape index (κ3) is 2.47. The lowest BCUT2D eigenvalue weighted by atomic mass is 10.1. The Hall–Kier alpha value is -2.03. The molecule has 1 aromatic carbocycles. The fourth-order valence-electron chi connectivity index (χ4n) is 0.945. The van der Waals surface area contributed by atoms with Crippen LogP contribution in [0, 0.1) is 17.1 Å². The van der Waals surface area contributed by atoms with Crippen molar-refractivity contribution in [3.63, 3.8) is 0 Å². The van der Waals surface area contributed by atoms with Crippen molar-refractivity contribution in [3.8, 4) is 11.8 Å². The number of rotatable bonds is 3. The van der Waals surface area contributed by atoms with E-state index in [0.29, 0.717) is 6.07 Å². The van der Waals surface area contributed by atoms with Crippen molar-refractivity contribution in [2.75, 3.05) is 0 Å². The number of nitrogens with zero attached hydrogens (tertiary/aromatic N) is 1. The summed E-state index contributed by atoms with van der Waals surface area (Å²) in [5, 5.41) is 8.42. The monoisotopic (exact) mass is 215 g/mol. The lowest BCUT2D eigenvalue weighted by Crippen LogP contribution is -2.05. The fraction of sp³-hybridized carbons (Fsp3) is 0.111. The number of carbonyl (C=O) groups excluding carboxylic acids is 1. The van der Waals surface area contributed by atoms with Crippen LogP contribution in [-0.4, -0.2) is 12.9 Å². The number of halogens is 3. The van der Waals surface area contributed by atoms with Gasteiger partial charge in [-0.05, 0) is 6.07 Å². The van der Waals surface area contributed by atoms with Gasteiger partial charge < -0.3 is 4.74 Å². The van der Waals surface area contributed by atoms with Crippen molar-refractivity contribution in [1.82, 2.24) is 0 Å². The highest BCUT2D eigenvalue weighted by Gasteiger charge is 2.13. The number of ether oxygens (including phenoxy) is 1. The summed E-state index contributed by atoms with van der Waals surface area (Å²) in [7, 11) is 0. The molecule has 0 N–H and O–H groups in total. The maximum atomic E-state index is 12.9. The smallest absolute Gasteiger partial charge is 0.387 e. The van der Waals surface area contributed by atoms with Gasteiger partial charge in [-0.25, -0.2) is 4.39 Å². The predicted molar refractivity (Wildman–Crippen MR) is 43.1 cm³/mol. The third-order valence-corrected chi connectivity index (χ3v) is 1.56. The summed E-state index contributed by atoms with van der Waals surface area (Å²) in [4.78, 5) is 10.4. The number of aldehydes is 1. The van der Waals surface area contributed by atoms with E-state index in [2.05, 4.69) is 4.74 Å². The SMILES string of the molecule is N#Cc1cc(OC(F)F)c(C=O)cc1F. The molecule has 3 nitrogen and oxygen atoms in total. The summed E-state index contributed by atoms with van der Waals surface area (Å²) >= 11 is 0. The van der Waals surface area contributed by atoms with Crippen LogP contribution in [0.15, 0.2) is 12.1 Å². The lowest BCUT2D eigenvalue weighted by Gasteiger charge is -2.07. The molecule has 0 saturated heterocycles. The molecule has 0 atom stereocenters. The molecule has 0 aliphatic rings. The van der Waals surface area contributed by atoms with Gasteiger partial charge in [0.05, 0.1) is 11.1 Å². The van der Waals surface area contributed by atoms with E-state index in [1.807, 2.05) is 0 Å². The molecule has 0 radical (unpaired) electrons. The second-order valence-corrected chi connectivity index (χ2v) is 2.48. The molecule has 6 heteroatoms. The van der Waals surface area contributed by atoms with Crippen molar-refractivity contribution in [1.29, 1.82) is 5.26 Å². The zero-order valence-corrected chi connectivity index (χ0v) is 7.21. The molecule has 0 aromatic heterocycles. The molecular weight excluding hydrogens is 211 g/mol. The van der Waals surface area contributed by atoms with Gasteiger partial charge in [0.1, 0.15) is 17.6 Å². The molecule has 0 unspecified atom stereocenters. The molecule has 0 fully saturated rings. The first-order valence-corrected chi connectivity index (χ1v) is 3.72. The van der Waals surface area contributed by atoms with E-state index < -0.39 is 23.7 Å². The molecule has 0 aliphatic carbocycles. The normalized spacial score (nSPS) is 9.80. The number of hydrogen-bond acceptors (Lipinski definition) is 3. The predicted octanol–water partition coefficient (Wildman–Crippen LogP) is 2.11. The van der Waals surface area contributed by atoms with Gasteiger partial charge in [-0.3, -0.25) is 4.79 Å². The number of carbonyl (C=O) groups is 1. The third-order valence-electron chi connectivity index (χ3n) is 1.56. The topological polar surface area (TPSA) is 50.1 Å². The Kier molecular flexibility index (Phi) is 3.29. The first kappa shape index (κ1) is 11.0. The minimum atomic E-state index is -3.14. The molecule has 78 valence electrons. The Morgan fingerprint density at radius 2 is 2.13 bits per heavy atom. The summed E-state index contributed by atoms with van der Waals surface area (Å²) in [6.07, 6.45) is 0.169. The summed E-state index contributed by atoms with van der Waals surface area (Å²) in [6.45, 7) is -3.14. The van der Waals surface area contributed by atoms with Crippen LogP contribution in [0.2, 0.25) is 0 Å². The number of benzene rings is 1. The summed E-state index contributed by atoms with van der Waals surface area (Å²) in [6, 6.07) is 2.87. The van der Waals surface area contributed by atoms with Crippen LogP contribution in [0.4, 0.5) is 13.2 Å². The van der Waals surface area contributed by atoms with Crippen LogP contribution in [0.25, 0.3) is 0 Å². The van der Waals surface area contributed by atoms with E-state index in [1.165, 1.54) is 6.07 Å². The molecule has 0 aliphatic heterocycles. The average molecular weight is 215 g/mol. The van der Waals surface area contributed by atoms with Crippen LogP contribution in [0.5, 0.6) is 5.75 Å². The standard InChI is InChI=1S/C9H4F3NO2/c10-7-1-6(4-14)8(15-9(11)12)2-5(7)3-13/h1-2,4,9H. The quantitative estimate of drug-likeness (QED) is 0.725. The maximum absolute atomic E-state index is 12.9. The highest BCUT2D eigenvalue weighted by molar-refractivity contribution is 5.79. The maximum Gasteiger partial charge on any atom is 0.387 e. The van der Waals surface area contributed by atoms with E-state index in [4.69, 9.17) is 5.26 Å². The van der Waals surface area contributed by atoms with Gasteiger partial charge in [0.25, 0.3) is 0 Å². The first-order valence-electron chi connectivity index (χ1n) is 3.72. The largest absolute Gasteiger partial charge is 0.434 e. The molecular formula is C9H4F3NO2. The van der Waals surface area contributed by atoms with E-state index >= 15 is 0 Å². The van der Waals surface area contributed by atoms with Crippen LogP contribution >= 0.6 is 0 Å². The average Bonchev–Trinajstić information content (AvgIpc) is 2.19. The van der Waals surface area contributed by atoms with E-state index in [-0.39, 0.29) is 11.8 Å². The fourth-order valence-corrected chi connectivity index (χ4v) is 0.945. The van der Waals surface area contributed by atoms with Gasteiger partial charge in [-0.2, -0.15) is 14.0 Å². The van der Waals surface area contributed by atoms with E-state index in [1.54, 1.807) is 0 Å². The molecule has 0 amide bonds. The summed E-state index contributed by atoms with van der Waals surface area (Å²) < 4.78 is 40.6. The van der Waals surface area contributed by atoms with Crippen molar-refractivity contribution < 1.29 is 22.7 Å². The Labute approximate surface area is 82.7 Å². The Morgan fingerprint density at radius 3 is 2.60 bits per heavy atom. The zero-order chi connectivity index (χ0) is 11.4. The van der Waals surface area contributed by atoms with Crippen LogP contribution in [0.3, 0.4) is 0 Å². The molecule has 15 heavy (non-hydrogen) atoms. The lowest BCUT2D eigenvalue weighted by molar-refractivity contribution is -0.0501. The van der Waals surface area contributed by atoms with Gasteiger partial charge >= 0.3 is 6.61 Å². The van der Waals surface area contributed by atoms with Crippen molar-refractivity contribution >= 4 is 6.29 Å². The van der Waals surface area contributed by atoms with Crippen LogP contribution < -0.4 is 4.74 Å². The van der Waals surface area contributed by atoms with Crippen molar-refractivity contribution in [2.24, 2.45) is 0 Å². The van der Waals surface area contributed by atoms with Gasteiger partial charge in [-0.1, -0.05) is 0 Å². The molecule has 0 bridgehead atoms. The summed E-state index contributed by atoms with van der Waals surface area (Å²) in [5.41, 5.74) is -0.831.